The lowest BCUT2D eigenvalue weighted by molar-refractivity contribution is -0.120. The highest BCUT2D eigenvalue weighted by Gasteiger charge is 2.17. The molecular weight excluding hydrogens is 455 g/mol. The molecule has 0 aliphatic carbocycles. The molecule has 2 N–H and O–H groups in total. The number of carbonyl (C=O) groups excluding carboxylic acids is 1. The summed E-state index contributed by atoms with van der Waals surface area (Å²) in [6.07, 6.45) is 0.273. The number of amides is 1. The quantitative estimate of drug-likeness (QED) is 0.513. The lowest BCUT2D eigenvalue weighted by Crippen LogP contribution is -2.28. The minimum atomic E-state index is -0.0942. The molecule has 0 unspecified atom stereocenters. The molecule has 3 aromatic rings. The van der Waals surface area contributed by atoms with Gasteiger partial charge in [-0.2, -0.15) is 0 Å². The van der Waals surface area contributed by atoms with Gasteiger partial charge in [-0.05, 0) is 71.0 Å². The van der Waals surface area contributed by atoms with Crippen molar-refractivity contribution in [2.45, 2.75) is 19.9 Å². The van der Waals surface area contributed by atoms with Crippen LogP contribution >= 0.6 is 22.6 Å². The fraction of sp³-hybridized carbons (Fsp3) is 0.286. The van der Waals surface area contributed by atoms with Crippen LogP contribution in [0.2, 0.25) is 0 Å². The van der Waals surface area contributed by atoms with Gasteiger partial charge >= 0.3 is 0 Å². The van der Waals surface area contributed by atoms with E-state index in [1.807, 2.05) is 25.1 Å². The van der Waals surface area contributed by atoms with Crippen molar-refractivity contribution in [1.29, 1.82) is 0 Å². The molecule has 6 heteroatoms. The van der Waals surface area contributed by atoms with E-state index < -0.39 is 0 Å². The first kappa shape index (κ1) is 19.7. The molecule has 0 bridgehead atoms. The number of aliphatic hydroxyl groups excluding tert-OH is 1. The van der Waals surface area contributed by atoms with Crippen molar-refractivity contribution in [1.82, 2.24) is 9.88 Å². The third-order valence-electron chi connectivity index (χ3n) is 4.69. The van der Waals surface area contributed by atoms with Crippen LogP contribution in [0.5, 0.6) is 5.75 Å². The molecule has 2 aromatic carbocycles. The van der Waals surface area contributed by atoms with Crippen LogP contribution in [0.1, 0.15) is 16.8 Å². The van der Waals surface area contributed by atoms with E-state index in [1.165, 1.54) is 9.13 Å². The first-order valence-corrected chi connectivity index (χ1v) is 9.89. The minimum Gasteiger partial charge on any atom is -0.497 e. The fourth-order valence-electron chi connectivity index (χ4n) is 3.28. The zero-order valence-electron chi connectivity index (χ0n) is 15.5. The zero-order chi connectivity index (χ0) is 19.4. The van der Waals surface area contributed by atoms with Crippen molar-refractivity contribution in [2.24, 2.45) is 0 Å². The Morgan fingerprint density at radius 2 is 1.96 bits per heavy atom. The maximum absolute atomic E-state index is 12.3. The average Bonchev–Trinajstić information content (AvgIpc) is 2.93. The summed E-state index contributed by atoms with van der Waals surface area (Å²) in [6.45, 7) is 2.99. The Kier molecular flexibility index (Phi) is 6.38. The highest BCUT2D eigenvalue weighted by atomic mass is 127. The van der Waals surface area contributed by atoms with Crippen LogP contribution in [0.25, 0.3) is 10.9 Å². The van der Waals surface area contributed by atoms with E-state index in [2.05, 4.69) is 56.7 Å². The number of fused-ring (bicyclic) bond motifs is 1. The maximum atomic E-state index is 12.3. The first-order valence-electron chi connectivity index (χ1n) is 8.81. The maximum Gasteiger partial charge on any atom is 0.224 e. The van der Waals surface area contributed by atoms with Crippen molar-refractivity contribution >= 4 is 39.4 Å². The fourth-order valence-corrected chi connectivity index (χ4v) is 3.63. The predicted molar refractivity (Wildman–Crippen MR) is 115 cm³/mol. The van der Waals surface area contributed by atoms with Crippen LogP contribution in [0, 0.1) is 10.5 Å². The average molecular weight is 478 g/mol. The van der Waals surface area contributed by atoms with Gasteiger partial charge in [-0.1, -0.05) is 12.1 Å². The molecule has 1 amide bonds. The summed E-state index contributed by atoms with van der Waals surface area (Å²) in [4.78, 5) is 12.3. The first-order chi connectivity index (χ1) is 13.0. The number of nitrogens with one attached hydrogen (secondary N) is 1. The number of rotatable bonds is 7. The SMILES string of the molecule is COc1ccc2c(c1)c(CC(=O)NCCO)c(C)n2Cc1ccc(I)cc1. The lowest BCUT2D eigenvalue weighted by Gasteiger charge is -2.10. The smallest absolute Gasteiger partial charge is 0.224 e. The van der Waals surface area contributed by atoms with E-state index in [0.29, 0.717) is 0 Å². The molecule has 0 saturated heterocycles. The molecule has 0 aliphatic rings. The summed E-state index contributed by atoms with van der Waals surface area (Å²) < 4.78 is 8.83. The van der Waals surface area contributed by atoms with E-state index in [9.17, 15) is 4.79 Å². The number of benzene rings is 2. The summed E-state index contributed by atoms with van der Waals surface area (Å²) in [5, 5.41) is 12.7. The van der Waals surface area contributed by atoms with Crippen LogP contribution in [0.4, 0.5) is 0 Å². The van der Waals surface area contributed by atoms with Crippen molar-refractivity contribution in [3.05, 3.63) is 62.9 Å². The summed E-state index contributed by atoms with van der Waals surface area (Å²) in [5.41, 5.74) is 4.35. The Hall–Kier alpha value is -2.06. The Labute approximate surface area is 172 Å². The molecule has 0 aliphatic heterocycles. The van der Waals surface area contributed by atoms with Gasteiger partial charge in [0.15, 0.2) is 0 Å². The zero-order valence-corrected chi connectivity index (χ0v) is 17.6. The molecular formula is C21H23IN2O3. The van der Waals surface area contributed by atoms with E-state index in [4.69, 9.17) is 9.84 Å². The van der Waals surface area contributed by atoms with Gasteiger partial charge in [-0.15, -0.1) is 0 Å². The summed E-state index contributed by atoms with van der Waals surface area (Å²) in [6, 6.07) is 14.4. The number of hydrogen-bond donors (Lipinski definition) is 2. The van der Waals surface area contributed by atoms with Crippen LogP contribution in [-0.2, 0) is 17.8 Å². The molecule has 1 heterocycles. The molecule has 27 heavy (non-hydrogen) atoms. The number of halogens is 1. The minimum absolute atomic E-state index is 0.0624. The topological polar surface area (TPSA) is 63.5 Å². The third kappa shape index (κ3) is 4.44. The molecule has 0 atom stereocenters. The van der Waals surface area contributed by atoms with Crippen LogP contribution in [0.15, 0.2) is 42.5 Å². The van der Waals surface area contributed by atoms with Gasteiger partial charge in [0, 0.05) is 33.3 Å². The molecule has 0 fully saturated rings. The second kappa shape index (κ2) is 8.75. The second-order valence-corrected chi connectivity index (χ2v) is 7.66. The van der Waals surface area contributed by atoms with Gasteiger partial charge in [0.25, 0.3) is 0 Å². The van der Waals surface area contributed by atoms with Crippen LogP contribution in [0.3, 0.4) is 0 Å². The predicted octanol–water partition coefficient (Wildman–Crippen LogP) is 3.26. The van der Waals surface area contributed by atoms with E-state index in [-0.39, 0.29) is 25.5 Å². The van der Waals surface area contributed by atoms with Crippen molar-refractivity contribution < 1.29 is 14.6 Å². The molecule has 0 saturated carbocycles. The van der Waals surface area contributed by atoms with Crippen LogP contribution < -0.4 is 10.1 Å². The third-order valence-corrected chi connectivity index (χ3v) is 5.41. The number of nitrogens with zero attached hydrogens (tertiary/aromatic N) is 1. The van der Waals surface area contributed by atoms with Gasteiger partial charge in [0.2, 0.25) is 5.91 Å². The summed E-state index contributed by atoms with van der Waals surface area (Å²) in [5.74, 6) is 0.675. The van der Waals surface area contributed by atoms with Gasteiger partial charge in [-0.3, -0.25) is 4.79 Å². The van der Waals surface area contributed by atoms with Gasteiger partial charge in [0.05, 0.1) is 20.1 Å². The molecule has 142 valence electrons. The van der Waals surface area contributed by atoms with E-state index in [1.54, 1.807) is 7.11 Å². The molecule has 0 radical (unpaired) electrons. The van der Waals surface area contributed by atoms with E-state index >= 15 is 0 Å². The Bertz CT molecular complexity index is 948. The Morgan fingerprint density at radius 3 is 2.63 bits per heavy atom. The lowest BCUT2D eigenvalue weighted by atomic mass is 10.1. The summed E-state index contributed by atoms with van der Waals surface area (Å²) in [7, 11) is 1.64. The van der Waals surface area contributed by atoms with Crippen LogP contribution in [-0.4, -0.2) is 35.8 Å². The van der Waals surface area contributed by atoms with Crippen molar-refractivity contribution in [3.8, 4) is 5.75 Å². The van der Waals surface area contributed by atoms with E-state index in [0.717, 1.165) is 34.5 Å². The normalized spacial score (nSPS) is 11.0. The largest absolute Gasteiger partial charge is 0.497 e. The number of aliphatic hydroxyl groups is 1. The number of methoxy groups -OCH3 is 1. The van der Waals surface area contributed by atoms with Gasteiger partial charge < -0.3 is 19.7 Å². The second-order valence-electron chi connectivity index (χ2n) is 6.41. The highest BCUT2D eigenvalue weighted by Crippen LogP contribution is 2.30. The number of hydrogen-bond acceptors (Lipinski definition) is 3. The monoisotopic (exact) mass is 478 g/mol. The van der Waals surface area contributed by atoms with Gasteiger partial charge in [0.1, 0.15) is 5.75 Å². The van der Waals surface area contributed by atoms with Crippen molar-refractivity contribution in [2.75, 3.05) is 20.3 Å². The molecule has 1 aromatic heterocycles. The standard InChI is InChI=1S/C21H23IN2O3/c1-14-18(12-21(26)23-9-10-25)19-11-17(27-2)7-8-20(19)24(14)13-15-3-5-16(22)6-4-15/h3-8,11,25H,9-10,12-13H2,1-2H3,(H,23,26). The number of aromatic nitrogens is 1. The molecule has 5 nitrogen and oxygen atoms in total. The highest BCUT2D eigenvalue weighted by molar-refractivity contribution is 14.1. The Morgan fingerprint density at radius 1 is 1.22 bits per heavy atom. The Balaban J connectivity index is 2.03. The molecule has 0 spiro atoms. The number of ether oxygens (including phenoxy) is 1. The van der Waals surface area contributed by atoms with Crippen molar-refractivity contribution in [3.63, 3.8) is 0 Å². The summed E-state index contributed by atoms with van der Waals surface area (Å²) >= 11 is 2.30. The molecule has 3 rings (SSSR count). The van der Waals surface area contributed by atoms with Gasteiger partial charge in [-0.25, -0.2) is 0 Å². The number of carbonyl (C=O) groups is 1.